The summed E-state index contributed by atoms with van der Waals surface area (Å²) in [6.07, 6.45) is 0. The minimum absolute atomic E-state index is 0.0716. The molecule has 2 nitrogen and oxygen atoms in total. The molecule has 0 amide bonds. The van der Waals surface area contributed by atoms with Gasteiger partial charge < -0.3 is 10.5 Å². The van der Waals surface area contributed by atoms with Crippen molar-refractivity contribution >= 4 is 15.9 Å². The fourth-order valence-electron chi connectivity index (χ4n) is 1.97. The summed E-state index contributed by atoms with van der Waals surface area (Å²) in [7, 11) is 0. The largest absolute Gasteiger partial charge is 0.488 e. The predicted octanol–water partition coefficient (Wildman–Crippen LogP) is 4.63. The maximum Gasteiger partial charge on any atom is 0.146 e. The van der Waals surface area contributed by atoms with Gasteiger partial charge in [-0.3, -0.25) is 0 Å². The summed E-state index contributed by atoms with van der Waals surface area (Å²) in [6.45, 7) is 3.59. The van der Waals surface area contributed by atoms with E-state index in [-0.39, 0.29) is 22.7 Å². The van der Waals surface area contributed by atoms with E-state index >= 15 is 0 Å². The Bertz CT molecular complexity index is 659. The number of nitrogens with two attached hydrogens (primary N) is 1. The zero-order valence-corrected chi connectivity index (χ0v) is 13.4. The van der Waals surface area contributed by atoms with Crippen LogP contribution in [0.2, 0.25) is 0 Å². The van der Waals surface area contributed by atoms with Gasteiger partial charge >= 0.3 is 0 Å². The zero-order valence-electron chi connectivity index (χ0n) is 11.8. The molecule has 21 heavy (non-hydrogen) atoms. The Hall–Kier alpha value is -1.46. The predicted molar refractivity (Wildman–Crippen MR) is 82.2 cm³/mol. The lowest BCUT2D eigenvalue weighted by Crippen LogP contribution is -2.06. The first-order valence-electron chi connectivity index (χ1n) is 6.51. The highest BCUT2D eigenvalue weighted by Crippen LogP contribution is 2.26. The molecule has 0 spiro atoms. The van der Waals surface area contributed by atoms with E-state index in [1.165, 1.54) is 12.1 Å². The van der Waals surface area contributed by atoms with Gasteiger partial charge in [-0.15, -0.1) is 0 Å². The summed E-state index contributed by atoms with van der Waals surface area (Å²) >= 11 is 3.04. The van der Waals surface area contributed by atoms with Gasteiger partial charge in [0.1, 0.15) is 24.0 Å². The van der Waals surface area contributed by atoms with Gasteiger partial charge in [-0.2, -0.15) is 0 Å². The first-order chi connectivity index (χ1) is 9.90. The standard InChI is InChI=1S/C16H16BrF2NO/c1-9-7-11(10(2)20)3-6-15(9)21-8-12-14(18)5-4-13(17)16(12)19/h3-7,10H,8,20H2,1-2H3/t10-/m1/s1. The van der Waals surface area contributed by atoms with Crippen molar-refractivity contribution in [3.63, 3.8) is 0 Å². The molecule has 2 rings (SSSR count). The Morgan fingerprint density at radius 2 is 1.95 bits per heavy atom. The molecule has 0 radical (unpaired) electrons. The number of halogens is 3. The molecule has 0 saturated heterocycles. The van der Waals surface area contributed by atoms with Crippen molar-refractivity contribution < 1.29 is 13.5 Å². The van der Waals surface area contributed by atoms with Crippen molar-refractivity contribution in [1.29, 1.82) is 0 Å². The third-order valence-electron chi connectivity index (χ3n) is 3.24. The van der Waals surface area contributed by atoms with E-state index in [2.05, 4.69) is 15.9 Å². The summed E-state index contributed by atoms with van der Waals surface area (Å²) in [5, 5.41) is 0. The summed E-state index contributed by atoms with van der Waals surface area (Å²) < 4.78 is 33.2. The molecular formula is C16H16BrF2NO. The molecule has 2 aromatic rings. The molecule has 0 bridgehead atoms. The van der Waals surface area contributed by atoms with Crippen molar-refractivity contribution in [1.82, 2.24) is 0 Å². The van der Waals surface area contributed by atoms with E-state index in [0.29, 0.717) is 5.75 Å². The topological polar surface area (TPSA) is 35.2 Å². The molecule has 0 fully saturated rings. The van der Waals surface area contributed by atoms with Gasteiger partial charge in [0.25, 0.3) is 0 Å². The summed E-state index contributed by atoms with van der Waals surface area (Å²) in [5.74, 6) is -0.682. The molecule has 0 aliphatic carbocycles. The molecule has 0 saturated carbocycles. The molecule has 0 aliphatic heterocycles. The third-order valence-corrected chi connectivity index (χ3v) is 3.85. The lowest BCUT2D eigenvalue weighted by Gasteiger charge is -2.13. The molecule has 0 heterocycles. The van der Waals surface area contributed by atoms with Gasteiger partial charge in [-0.1, -0.05) is 12.1 Å². The van der Waals surface area contributed by atoms with E-state index in [4.69, 9.17) is 10.5 Å². The summed E-state index contributed by atoms with van der Waals surface area (Å²) in [6, 6.07) is 7.99. The highest BCUT2D eigenvalue weighted by Gasteiger charge is 2.13. The maximum atomic E-state index is 13.9. The second-order valence-electron chi connectivity index (χ2n) is 4.92. The van der Waals surface area contributed by atoms with Crippen LogP contribution in [-0.4, -0.2) is 0 Å². The Kier molecular flexibility index (Phi) is 4.96. The lowest BCUT2D eigenvalue weighted by molar-refractivity contribution is 0.290. The van der Waals surface area contributed by atoms with E-state index in [0.717, 1.165) is 11.1 Å². The molecular weight excluding hydrogens is 340 g/mol. The molecule has 1 atom stereocenters. The van der Waals surface area contributed by atoms with Crippen molar-refractivity contribution in [3.8, 4) is 5.75 Å². The Labute approximate surface area is 131 Å². The van der Waals surface area contributed by atoms with Gasteiger partial charge in [0.15, 0.2) is 0 Å². The highest BCUT2D eigenvalue weighted by molar-refractivity contribution is 9.10. The molecule has 2 aromatic carbocycles. The molecule has 5 heteroatoms. The van der Waals surface area contributed by atoms with E-state index in [1.807, 2.05) is 26.0 Å². The number of ether oxygens (including phenoxy) is 1. The van der Waals surface area contributed by atoms with Gasteiger partial charge in [0, 0.05) is 6.04 Å². The Morgan fingerprint density at radius 3 is 2.57 bits per heavy atom. The quantitative estimate of drug-likeness (QED) is 0.811. The highest BCUT2D eigenvalue weighted by atomic mass is 79.9. The van der Waals surface area contributed by atoms with Crippen LogP contribution in [0.5, 0.6) is 5.75 Å². The molecule has 2 N–H and O–H groups in total. The third kappa shape index (κ3) is 3.60. The van der Waals surface area contributed by atoms with Crippen LogP contribution in [0.1, 0.15) is 29.7 Å². The molecule has 112 valence electrons. The second-order valence-corrected chi connectivity index (χ2v) is 5.78. The van der Waals surface area contributed by atoms with Gasteiger partial charge in [0.05, 0.1) is 10.0 Å². The van der Waals surface area contributed by atoms with Crippen LogP contribution in [0.25, 0.3) is 0 Å². The lowest BCUT2D eigenvalue weighted by atomic mass is 10.1. The number of hydrogen-bond acceptors (Lipinski definition) is 2. The van der Waals surface area contributed by atoms with Crippen molar-refractivity contribution in [3.05, 3.63) is 63.1 Å². The fraction of sp³-hybridized carbons (Fsp3) is 0.250. The van der Waals surface area contributed by atoms with Gasteiger partial charge in [-0.05, 0) is 59.1 Å². The Morgan fingerprint density at radius 1 is 1.24 bits per heavy atom. The van der Waals surface area contributed by atoms with Crippen LogP contribution in [0.15, 0.2) is 34.8 Å². The van der Waals surface area contributed by atoms with Crippen LogP contribution in [0, 0.1) is 18.6 Å². The van der Waals surface area contributed by atoms with Crippen LogP contribution in [0.4, 0.5) is 8.78 Å². The second kappa shape index (κ2) is 6.54. The smallest absolute Gasteiger partial charge is 0.146 e. The summed E-state index contributed by atoms with van der Waals surface area (Å²) in [5.41, 5.74) is 7.57. The van der Waals surface area contributed by atoms with Crippen molar-refractivity contribution in [2.45, 2.75) is 26.5 Å². The Balaban J connectivity index is 2.19. The van der Waals surface area contributed by atoms with Crippen LogP contribution >= 0.6 is 15.9 Å². The molecule has 0 aromatic heterocycles. The van der Waals surface area contributed by atoms with Gasteiger partial charge in [-0.25, -0.2) is 8.78 Å². The fourth-order valence-corrected chi connectivity index (χ4v) is 2.34. The van der Waals surface area contributed by atoms with Crippen molar-refractivity contribution in [2.75, 3.05) is 0 Å². The monoisotopic (exact) mass is 355 g/mol. The summed E-state index contributed by atoms with van der Waals surface area (Å²) in [4.78, 5) is 0. The average molecular weight is 356 g/mol. The first-order valence-corrected chi connectivity index (χ1v) is 7.30. The van der Waals surface area contributed by atoms with Gasteiger partial charge in [0.2, 0.25) is 0 Å². The molecule has 0 unspecified atom stereocenters. The minimum Gasteiger partial charge on any atom is -0.488 e. The zero-order chi connectivity index (χ0) is 15.6. The number of rotatable bonds is 4. The molecule has 0 aliphatic rings. The van der Waals surface area contributed by atoms with Crippen LogP contribution < -0.4 is 10.5 Å². The van der Waals surface area contributed by atoms with E-state index in [9.17, 15) is 8.78 Å². The van der Waals surface area contributed by atoms with Crippen LogP contribution in [0.3, 0.4) is 0 Å². The van der Waals surface area contributed by atoms with E-state index < -0.39 is 11.6 Å². The maximum absolute atomic E-state index is 13.9. The minimum atomic E-state index is -0.639. The van der Waals surface area contributed by atoms with Crippen LogP contribution in [-0.2, 0) is 6.61 Å². The van der Waals surface area contributed by atoms with E-state index in [1.54, 1.807) is 6.07 Å². The normalized spacial score (nSPS) is 12.3. The SMILES string of the molecule is Cc1cc([C@@H](C)N)ccc1OCc1c(F)ccc(Br)c1F. The first kappa shape index (κ1) is 15.9. The van der Waals surface area contributed by atoms with Crippen molar-refractivity contribution in [2.24, 2.45) is 5.73 Å². The number of aryl methyl sites for hydroxylation is 1. The average Bonchev–Trinajstić information content (AvgIpc) is 2.44. The number of benzene rings is 2. The number of hydrogen-bond donors (Lipinski definition) is 1.